The molecule has 11 heteroatoms. The number of rotatable bonds is 5. The number of nitrogens with two attached hydrogens (primary N) is 1. The zero-order valence-electron chi connectivity index (χ0n) is 13.9. The quantitative estimate of drug-likeness (QED) is 0.458. The van der Waals surface area contributed by atoms with Crippen LogP contribution in [0, 0.1) is 11.6 Å². The van der Waals surface area contributed by atoms with Crippen LogP contribution < -0.4 is 21.9 Å². The molecule has 2 aromatic carbocycles. The number of nitrogen functional groups attached to an aromatic ring is 1. The first kappa shape index (κ1) is 19.6. The summed E-state index contributed by atoms with van der Waals surface area (Å²) >= 11 is 11.8. The Hall–Kier alpha value is -3.17. The maximum atomic E-state index is 13.8. The van der Waals surface area contributed by atoms with E-state index in [1.54, 1.807) is 0 Å². The summed E-state index contributed by atoms with van der Waals surface area (Å²) in [6, 6.07) is 7.28. The van der Waals surface area contributed by atoms with Gasteiger partial charge in [-0.3, -0.25) is 15.6 Å². The van der Waals surface area contributed by atoms with Crippen LogP contribution in [0.25, 0.3) is 0 Å². The van der Waals surface area contributed by atoms with Crippen LogP contribution in [0.5, 0.6) is 0 Å². The standard InChI is InChI=1S/C17H12Cl2F2N6O/c18-8-1-3-10(11(19)5-8)17(28)27-26-16-14(22)15(23-7-24-16)25-13-6-9(20)2-4-12(13)21/h1-7H,22H2,(H,27,28)(H2,23,24,25,26). The first-order valence-corrected chi connectivity index (χ1v) is 8.44. The Bertz CT molecular complexity index is 1050. The number of halogens is 4. The molecule has 0 fully saturated rings. The minimum Gasteiger partial charge on any atom is -0.393 e. The van der Waals surface area contributed by atoms with Crippen LogP contribution in [0.15, 0.2) is 42.7 Å². The third-order valence-electron chi connectivity index (χ3n) is 3.54. The minimum absolute atomic E-state index is 0.0146. The average Bonchev–Trinajstić information content (AvgIpc) is 2.65. The fourth-order valence-corrected chi connectivity index (χ4v) is 2.67. The second kappa shape index (κ2) is 8.24. The molecule has 5 N–H and O–H groups in total. The summed E-state index contributed by atoms with van der Waals surface area (Å²) in [4.78, 5) is 20.0. The van der Waals surface area contributed by atoms with E-state index in [0.717, 1.165) is 24.5 Å². The number of aromatic nitrogens is 2. The molecule has 3 rings (SSSR count). The van der Waals surface area contributed by atoms with Crippen molar-refractivity contribution in [1.82, 2.24) is 15.4 Å². The maximum Gasteiger partial charge on any atom is 0.271 e. The number of benzene rings is 2. The lowest BCUT2D eigenvalue weighted by atomic mass is 10.2. The highest BCUT2D eigenvalue weighted by molar-refractivity contribution is 6.36. The van der Waals surface area contributed by atoms with Gasteiger partial charge in [-0.2, -0.15) is 0 Å². The van der Waals surface area contributed by atoms with E-state index < -0.39 is 17.5 Å². The van der Waals surface area contributed by atoms with Gasteiger partial charge in [0.05, 0.1) is 16.3 Å². The van der Waals surface area contributed by atoms with E-state index in [0.29, 0.717) is 5.02 Å². The largest absolute Gasteiger partial charge is 0.393 e. The second-order valence-electron chi connectivity index (χ2n) is 5.44. The van der Waals surface area contributed by atoms with Crippen LogP contribution in [0.1, 0.15) is 10.4 Å². The van der Waals surface area contributed by atoms with Gasteiger partial charge in [0.1, 0.15) is 23.6 Å². The van der Waals surface area contributed by atoms with Gasteiger partial charge in [-0.15, -0.1) is 0 Å². The van der Waals surface area contributed by atoms with Crippen molar-refractivity contribution in [3.05, 3.63) is 70.0 Å². The monoisotopic (exact) mass is 424 g/mol. The molecule has 1 heterocycles. The third kappa shape index (κ3) is 4.38. The zero-order chi connectivity index (χ0) is 20.3. The molecule has 0 saturated carbocycles. The van der Waals surface area contributed by atoms with E-state index >= 15 is 0 Å². The molecule has 7 nitrogen and oxygen atoms in total. The van der Waals surface area contributed by atoms with Crippen molar-refractivity contribution >= 4 is 52.1 Å². The smallest absolute Gasteiger partial charge is 0.271 e. The van der Waals surface area contributed by atoms with E-state index in [1.165, 1.54) is 18.2 Å². The summed E-state index contributed by atoms with van der Waals surface area (Å²) in [5.74, 6) is -1.85. The molecule has 28 heavy (non-hydrogen) atoms. The van der Waals surface area contributed by atoms with E-state index in [9.17, 15) is 13.6 Å². The summed E-state index contributed by atoms with van der Waals surface area (Å²) in [5, 5.41) is 3.12. The number of carbonyl (C=O) groups excluding carboxylic acids is 1. The Morgan fingerprint density at radius 3 is 2.54 bits per heavy atom. The molecule has 0 saturated heterocycles. The summed E-state index contributed by atoms with van der Waals surface area (Å²) in [6.07, 6.45) is 1.12. The van der Waals surface area contributed by atoms with Crippen molar-refractivity contribution in [1.29, 1.82) is 0 Å². The highest BCUT2D eigenvalue weighted by atomic mass is 35.5. The Kier molecular flexibility index (Phi) is 5.76. The lowest BCUT2D eigenvalue weighted by Gasteiger charge is -2.14. The molecule has 0 atom stereocenters. The number of hydrogen-bond donors (Lipinski definition) is 4. The number of nitrogens with one attached hydrogen (secondary N) is 3. The van der Waals surface area contributed by atoms with Gasteiger partial charge in [0, 0.05) is 11.1 Å². The molecule has 0 aliphatic heterocycles. The van der Waals surface area contributed by atoms with Crippen molar-refractivity contribution in [3.63, 3.8) is 0 Å². The Labute approximate surface area is 167 Å². The Balaban J connectivity index is 1.76. The molecular weight excluding hydrogens is 413 g/mol. The molecule has 0 spiro atoms. The number of nitrogens with zero attached hydrogens (tertiary/aromatic N) is 2. The van der Waals surface area contributed by atoms with Crippen LogP contribution in [0.3, 0.4) is 0 Å². The number of hydrogen-bond acceptors (Lipinski definition) is 6. The van der Waals surface area contributed by atoms with E-state index in [2.05, 4.69) is 26.1 Å². The third-order valence-corrected chi connectivity index (χ3v) is 4.08. The molecule has 0 unspecified atom stereocenters. The summed E-state index contributed by atoms with van der Waals surface area (Å²) in [7, 11) is 0. The summed E-state index contributed by atoms with van der Waals surface area (Å²) in [6.45, 7) is 0. The van der Waals surface area contributed by atoms with Gasteiger partial charge in [-0.25, -0.2) is 18.7 Å². The molecule has 0 radical (unpaired) electrons. The van der Waals surface area contributed by atoms with Crippen molar-refractivity contribution in [2.24, 2.45) is 0 Å². The summed E-state index contributed by atoms with van der Waals surface area (Å²) in [5.41, 5.74) is 10.8. The normalized spacial score (nSPS) is 10.4. The first-order chi connectivity index (χ1) is 13.3. The highest BCUT2D eigenvalue weighted by Crippen LogP contribution is 2.27. The van der Waals surface area contributed by atoms with Crippen molar-refractivity contribution in [2.45, 2.75) is 0 Å². The molecule has 3 aromatic rings. The minimum atomic E-state index is -0.695. The van der Waals surface area contributed by atoms with E-state index in [4.69, 9.17) is 28.9 Å². The van der Waals surface area contributed by atoms with Crippen molar-refractivity contribution < 1.29 is 13.6 Å². The van der Waals surface area contributed by atoms with Gasteiger partial charge in [0.25, 0.3) is 5.91 Å². The number of carbonyl (C=O) groups is 1. The fourth-order valence-electron chi connectivity index (χ4n) is 2.17. The molecule has 1 aromatic heterocycles. The van der Waals surface area contributed by atoms with Crippen LogP contribution >= 0.6 is 23.2 Å². The van der Waals surface area contributed by atoms with Crippen molar-refractivity contribution in [2.75, 3.05) is 16.5 Å². The van der Waals surface area contributed by atoms with Gasteiger partial charge in [-0.05, 0) is 30.3 Å². The van der Waals surface area contributed by atoms with E-state index in [1.807, 2.05) is 0 Å². The van der Waals surface area contributed by atoms with E-state index in [-0.39, 0.29) is 33.6 Å². The maximum absolute atomic E-state index is 13.8. The van der Waals surface area contributed by atoms with Crippen LogP contribution in [-0.2, 0) is 0 Å². The van der Waals surface area contributed by atoms with Gasteiger partial charge in [-0.1, -0.05) is 23.2 Å². The Morgan fingerprint density at radius 1 is 1.04 bits per heavy atom. The molecule has 0 aliphatic carbocycles. The van der Waals surface area contributed by atoms with Crippen molar-refractivity contribution in [3.8, 4) is 0 Å². The fraction of sp³-hybridized carbons (Fsp3) is 0. The first-order valence-electron chi connectivity index (χ1n) is 7.69. The second-order valence-corrected chi connectivity index (χ2v) is 6.28. The van der Waals surface area contributed by atoms with Crippen LogP contribution in [-0.4, -0.2) is 15.9 Å². The molecule has 1 amide bonds. The zero-order valence-corrected chi connectivity index (χ0v) is 15.4. The van der Waals surface area contributed by atoms with Gasteiger partial charge >= 0.3 is 0 Å². The number of anilines is 4. The number of amides is 1. The van der Waals surface area contributed by atoms with Gasteiger partial charge < -0.3 is 11.1 Å². The van der Waals surface area contributed by atoms with Crippen LogP contribution in [0.4, 0.5) is 31.8 Å². The van der Waals surface area contributed by atoms with Gasteiger partial charge in [0.15, 0.2) is 11.6 Å². The molecular formula is C17H12Cl2F2N6O. The number of hydrazine groups is 1. The van der Waals surface area contributed by atoms with Crippen LogP contribution in [0.2, 0.25) is 10.0 Å². The topological polar surface area (TPSA) is 105 Å². The van der Waals surface area contributed by atoms with Gasteiger partial charge in [0.2, 0.25) is 0 Å². The molecule has 0 aliphatic rings. The lowest BCUT2D eigenvalue weighted by Crippen LogP contribution is -2.30. The summed E-state index contributed by atoms with van der Waals surface area (Å²) < 4.78 is 27.1. The molecule has 0 bridgehead atoms. The predicted molar refractivity (Wildman–Crippen MR) is 104 cm³/mol. The SMILES string of the molecule is Nc1c(NNC(=O)c2ccc(Cl)cc2Cl)ncnc1Nc1cc(F)ccc1F. The Morgan fingerprint density at radius 2 is 1.79 bits per heavy atom. The average molecular weight is 425 g/mol. The highest BCUT2D eigenvalue weighted by Gasteiger charge is 2.14. The molecule has 144 valence electrons. The lowest BCUT2D eigenvalue weighted by molar-refractivity contribution is 0.0962. The predicted octanol–water partition coefficient (Wildman–Crippen LogP) is 4.14.